The van der Waals surface area contributed by atoms with E-state index in [1.54, 1.807) is 18.7 Å². The molecule has 4 heteroatoms. The van der Waals surface area contributed by atoms with E-state index in [2.05, 4.69) is 15.9 Å². The van der Waals surface area contributed by atoms with Gasteiger partial charge in [-0.1, -0.05) is 12.1 Å². The van der Waals surface area contributed by atoms with Crippen molar-refractivity contribution in [1.29, 1.82) is 0 Å². The molecule has 2 rings (SSSR count). The summed E-state index contributed by atoms with van der Waals surface area (Å²) in [6.07, 6.45) is 0. The van der Waals surface area contributed by atoms with Crippen LogP contribution in [0.15, 0.2) is 22.7 Å². The first-order valence-corrected chi connectivity index (χ1v) is 6.42. The van der Waals surface area contributed by atoms with Crippen LogP contribution in [0.5, 0.6) is 0 Å². The lowest BCUT2D eigenvalue weighted by Gasteiger charge is -2.33. The maximum atomic E-state index is 12.3. The molecule has 1 N–H and O–H groups in total. The fourth-order valence-electron chi connectivity index (χ4n) is 2.03. The molecule has 0 saturated carbocycles. The zero-order valence-corrected chi connectivity index (χ0v) is 11.8. The maximum Gasteiger partial charge on any atom is 0.255 e. The summed E-state index contributed by atoms with van der Waals surface area (Å²) >= 11 is 3.40. The van der Waals surface area contributed by atoms with Crippen molar-refractivity contribution in [3.63, 3.8) is 0 Å². The number of amides is 1. The van der Waals surface area contributed by atoms with E-state index in [9.17, 15) is 9.90 Å². The molecule has 0 fully saturated rings. The van der Waals surface area contributed by atoms with Crippen molar-refractivity contribution in [2.24, 2.45) is 0 Å². The summed E-state index contributed by atoms with van der Waals surface area (Å²) in [5, 5.41) is 10.0. The van der Waals surface area contributed by atoms with Crippen molar-refractivity contribution in [3.05, 3.63) is 33.8 Å². The molecular formula is C13H16BrNO2. The Morgan fingerprint density at radius 1 is 1.47 bits per heavy atom. The van der Waals surface area contributed by atoms with Gasteiger partial charge in [0.05, 0.1) is 17.2 Å². The molecule has 1 heterocycles. The van der Waals surface area contributed by atoms with Crippen LogP contribution in [-0.4, -0.2) is 27.6 Å². The van der Waals surface area contributed by atoms with Gasteiger partial charge in [-0.2, -0.15) is 0 Å². The Hall–Kier alpha value is -0.870. The number of carbonyl (C=O) groups is 1. The van der Waals surface area contributed by atoms with Gasteiger partial charge in [0.1, 0.15) is 0 Å². The molecule has 1 aromatic carbocycles. The molecule has 0 bridgehead atoms. The van der Waals surface area contributed by atoms with Gasteiger partial charge in [-0.15, -0.1) is 0 Å². The van der Waals surface area contributed by atoms with Gasteiger partial charge in [-0.05, 0) is 48.3 Å². The normalized spacial score (nSPS) is 17.2. The Bertz CT molecular complexity index is 465. The van der Waals surface area contributed by atoms with E-state index in [-0.39, 0.29) is 11.9 Å². The van der Waals surface area contributed by atoms with E-state index in [1.165, 1.54) is 0 Å². The van der Waals surface area contributed by atoms with E-state index in [0.29, 0.717) is 6.54 Å². The second-order valence-electron chi connectivity index (χ2n) is 5.04. The van der Waals surface area contributed by atoms with Gasteiger partial charge < -0.3 is 10.0 Å². The van der Waals surface area contributed by atoms with Gasteiger partial charge in [0, 0.05) is 11.0 Å². The minimum atomic E-state index is -0.899. The fraction of sp³-hybridized carbons (Fsp3) is 0.462. The van der Waals surface area contributed by atoms with Crippen molar-refractivity contribution in [1.82, 2.24) is 4.90 Å². The molecule has 0 saturated heterocycles. The molecule has 1 aliphatic rings. The van der Waals surface area contributed by atoms with Gasteiger partial charge in [0.15, 0.2) is 0 Å². The highest BCUT2D eigenvalue weighted by atomic mass is 79.9. The molecule has 17 heavy (non-hydrogen) atoms. The average Bonchev–Trinajstić information content (AvgIpc) is 2.55. The molecule has 1 unspecified atom stereocenters. The van der Waals surface area contributed by atoms with Crippen LogP contribution in [0.2, 0.25) is 0 Å². The zero-order valence-electron chi connectivity index (χ0n) is 10.2. The predicted octanol–water partition coefficient (Wildman–Crippen LogP) is 2.56. The quantitative estimate of drug-likeness (QED) is 0.911. The summed E-state index contributed by atoms with van der Waals surface area (Å²) in [6.45, 7) is 5.89. The predicted molar refractivity (Wildman–Crippen MR) is 69.8 cm³/mol. The van der Waals surface area contributed by atoms with Gasteiger partial charge in [0.2, 0.25) is 0 Å². The average molecular weight is 298 g/mol. The smallest absolute Gasteiger partial charge is 0.255 e. The number of nitrogens with zero attached hydrogens (tertiary/aromatic N) is 1. The summed E-state index contributed by atoms with van der Waals surface area (Å²) < 4.78 is 0.824. The number of fused-ring (bicyclic) bond motifs is 1. The van der Waals surface area contributed by atoms with Crippen molar-refractivity contribution >= 4 is 21.8 Å². The molecule has 0 aromatic heterocycles. The van der Waals surface area contributed by atoms with Gasteiger partial charge in [0.25, 0.3) is 5.91 Å². The summed E-state index contributed by atoms with van der Waals surface area (Å²) in [6, 6.07) is 5.53. The Morgan fingerprint density at radius 2 is 2.12 bits per heavy atom. The van der Waals surface area contributed by atoms with Crippen molar-refractivity contribution in [3.8, 4) is 0 Å². The largest absolute Gasteiger partial charge is 0.388 e. The molecule has 0 aliphatic carbocycles. The highest BCUT2D eigenvalue weighted by Gasteiger charge is 2.37. The number of halogens is 1. The summed E-state index contributed by atoms with van der Waals surface area (Å²) in [4.78, 5) is 14.0. The minimum Gasteiger partial charge on any atom is -0.388 e. The van der Waals surface area contributed by atoms with Crippen LogP contribution in [0.25, 0.3) is 0 Å². The van der Waals surface area contributed by atoms with E-state index in [4.69, 9.17) is 0 Å². The first-order valence-electron chi connectivity index (χ1n) is 5.63. The summed E-state index contributed by atoms with van der Waals surface area (Å²) in [5.74, 6) is -0.0119. The number of hydrogen-bond donors (Lipinski definition) is 1. The molecule has 0 spiro atoms. The van der Waals surface area contributed by atoms with Crippen LogP contribution in [0.1, 0.15) is 36.7 Å². The first-order chi connectivity index (χ1) is 7.82. The molecule has 1 amide bonds. The zero-order chi connectivity index (χ0) is 12.8. The van der Waals surface area contributed by atoms with Crippen molar-refractivity contribution < 1.29 is 9.90 Å². The van der Waals surface area contributed by atoms with E-state index in [0.717, 1.165) is 15.6 Å². The Morgan fingerprint density at radius 3 is 2.65 bits per heavy atom. The SMILES string of the molecule is CC(N1Cc2cccc(Br)c2C1=O)C(C)(C)O. The first kappa shape index (κ1) is 12.6. The number of rotatable bonds is 2. The van der Waals surface area contributed by atoms with Crippen molar-refractivity contribution in [2.45, 2.75) is 39.0 Å². The Balaban J connectivity index is 2.36. The third-order valence-corrected chi connectivity index (χ3v) is 4.07. The van der Waals surface area contributed by atoms with Gasteiger partial charge in [-0.25, -0.2) is 0 Å². The van der Waals surface area contributed by atoms with Crippen LogP contribution >= 0.6 is 15.9 Å². The van der Waals surface area contributed by atoms with Crippen LogP contribution in [-0.2, 0) is 6.54 Å². The fourth-order valence-corrected chi connectivity index (χ4v) is 2.61. The highest BCUT2D eigenvalue weighted by Crippen LogP contribution is 2.32. The number of hydrogen-bond acceptors (Lipinski definition) is 2. The van der Waals surface area contributed by atoms with E-state index in [1.807, 2.05) is 25.1 Å². The Kier molecular flexibility index (Phi) is 3.04. The van der Waals surface area contributed by atoms with Crippen LogP contribution in [0.4, 0.5) is 0 Å². The topological polar surface area (TPSA) is 40.5 Å². The number of aliphatic hydroxyl groups is 1. The van der Waals surface area contributed by atoms with Gasteiger partial charge >= 0.3 is 0 Å². The second-order valence-corrected chi connectivity index (χ2v) is 5.89. The summed E-state index contributed by atoms with van der Waals surface area (Å²) in [7, 11) is 0. The monoisotopic (exact) mass is 297 g/mol. The second kappa shape index (κ2) is 4.10. The molecule has 1 atom stereocenters. The minimum absolute atomic E-state index is 0.0119. The van der Waals surface area contributed by atoms with Crippen molar-refractivity contribution in [2.75, 3.05) is 0 Å². The molecule has 0 radical (unpaired) electrons. The lowest BCUT2D eigenvalue weighted by Crippen LogP contribution is -2.47. The van der Waals surface area contributed by atoms with Gasteiger partial charge in [-0.3, -0.25) is 4.79 Å². The molecule has 1 aromatic rings. The van der Waals surface area contributed by atoms with E-state index < -0.39 is 5.60 Å². The van der Waals surface area contributed by atoms with Crippen LogP contribution < -0.4 is 0 Å². The third-order valence-electron chi connectivity index (χ3n) is 3.41. The summed E-state index contributed by atoms with van der Waals surface area (Å²) in [5.41, 5.74) is 0.841. The van der Waals surface area contributed by atoms with Crippen LogP contribution in [0.3, 0.4) is 0 Å². The van der Waals surface area contributed by atoms with Crippen LogP contribution in [0, 0.1) is 0 Å². The third kappa shape index (κ3) is 2.11. The maximum absolute atomic E-state index is 12.3. The lowest BCUT2D eigenvalue weighted by atomic mass is 9.99. The standard InChI is InChI=1S/C13H16BrNO2/c1-8(13(2,3)17)15-7-9-5-4-6-10(14)11(9)12(15)16/h4-6,8,17H,7H2,1-3H3. The molecule has 3 nitrogen and oxygen atoms in total. The highest BCUT2D eigenvalue weighted by molar-refractivity contribution is 9.10. The Labute approximate surface area is 110 Å². The number of carbonyl (C=O) groups excluding carboxylic acids is 1. The number of benzene rings is 1. The van der Waals surface area contributed by atoms with E-state index >= 15 is 0 Å². The lowest BCUT2D eigenvalue weighted by molar-refractivity contribution is -0.00647. The molecular weight excluding hydrogens is 282 g/mol. The molecule has 92 valence electrons. The molecule has 1 aliphatic heterocycles.